The van der Waals surface area contributed by atoms with Gasteiger partial charge >= 0.3 is 0 Å². The predicted molar refractivity (Wildman–Crippen MR) is 151 cm³/mol. The van der Waals surface area contributed by atoms with Crippen LogP contribution in [0.1, 0.15) is 89.0 Å². The normalized spacial score (nSPS) is 66.0. The molecule has 0 amide bonds. The third kappa shape index (κ3) is 3.57. The lowest BCUT2D eigenvalue weighted by molar-refractivity contribution is -0.105. The highest BCUT2D eigenvalue weighted by Gasteiger charge is 2.63. The Bertz CT molecular complexity index is 745. The van der Waals surface area contributed by atoms with E-state index in [2.05, 4.69) is 76.2 Å². The van der Waals surface area contributed by atoms with Crippen molar-refractivity contribution >= 4 is 12.6 Å². The van der Waals surface area contributed by atoms with Gasteiger partial charge in [0, 0.05) is 5.25 Å². The summed E-state index contributed by atoms with van der Waals surface area (Å²) in [6.45, 7) is 29.1. The molecule has 20 unspecified atom stereocenters. The van der Waals surface area contributed by atoms with E-state index in [4.69, 9.17) is 12.6 Å². The van der Waals surface area contributed by atoms with Crippen LogP contribution in [-0.4, -0.2) is 5.25 Å². The fourth-order valence-corrected chi connectivity index (χ4v) is 12.5. The van der Waals surface area contributed by atoms with Crippen LogP contribution >= 0.6 is 12.6 Å². The number of hydrogen-bond donors (Lipinski definition) is 1. The number of thiol groups is 1. The first kappa shape index (κ1) is 26.0. The lowest BCUT2D eigenvalue weighted by atomic mass is 9.46. The van der Waals surface area contributed by atoms with E-state index in [1.54, 1.807) is 12.8 Å². The summed E-state index contributed by atoms with van der Waals surface area (Å²) >= 11 is 5.62. The van der Waals surface area contributed by atoms with E-state index in [9.17, 15) is 0 Å². The highest BCUT2D eigenvalue weighted by atomic mass is 32.1. The first-order valence-corrected chi connectivity index (χ1v) is 16.1. The summed E-state index contributed by atoms with van der Waals surface area (Å²) in [5, 5.41) is 0.572. The number of rotatable bonds is 0. The molecule has 0 aliphatic heterocycles. The molecule has 0 nitrogen and oxygen atoms in total. The van der Waals surface area contributed by atoms with Crippen LogP contribution in [0.2, 0.25) is 0 Å². The Morgan fingerprint density at radius 1 is 0.353 bits per heavy atom. The fraction of sp³-hybridized carbons (Fsp3) is 1.00. The summed E-state index contributed by atoms with van der Waals surface area (Å²) in [6, 6.07) is 0. The molecule has 0 N–H and O–H groups in total. The van der Waals surface area contributed by atoms with Gasteiger partial charge in [-0.25, -0.2) is 0 Å². The van der Waals surface area contributed by atoms with Crippen LogP contribution in [0.4, 0.5) is 0 Å². The van der Waals surface area contributed by atoms with Crippen molar-refractivity contribution in [3.05, 3.63) is 0 Å². The van der Waals surface area contributed by atoms with Gasteiger partial charge in [0.05, 0.1) is 0 Å². The molecule has 0 spiro atoms. The highest BCUT2D eigenvalue weighted by Crippen LogP contribution is 2.68. The molecule has 5 fully saturated rings. The maximum absolute atomic E-state index is 5.62. The van der Waals surface area contributed by atoms with Crippen molar-refractivity contribution in [3.8, 4) is 0 Å². The number of hydrogen-bond acceptors (Lipinski definition) is 1. The van der Waals surface area contributed by atoms with Gasteiger partial charge in [-0.1, -0.05) is 76.2 Å². The second-order valence-electron chi connectivity index (χ2n) is 15.4. The summed E-state index contributed by atoms with van der Waals surface area (Å²) in [5.74, 6) is 16.5. The molecule has 0 radical (unpaired) electrons. The van der Waals surface area contributed by atoms with E-state index >= 15 is 0 Å². The lowest BCUT2D eigenvalue weighted by Crippen LogP contribution is -2.57. The molecule has 0 saturated heterocycles. The maximum atomic E-state index is 5.62. The molecule has 5 aliphatic rings. The minimum atomic E-state index is 0.572. The largest absolute Gasteiger partial charge is 0.175 e. The second kappa shape index (κ2) is 8.98. The molecule has 0 aromatic carbocycles. The average molecular weight is 487 g/mol. The van der Waals surface area contributed by atoms with Gasteiger partial charge in [-0.2, -0.15) is 12.6 Å². The second-order valence-corrected chi connectivity index (χ2v) is 16.0. The van der Waals surface area contributed by atoms with E-state index < -0.39 is 0 Å². The average Bonchev–Trinajstić information content (AvgIpc) is 3.60. The van der Waals surface area contributed by atoms with Crippen molar-refractivity contribution in [3.63, 3.8) is 0 Å². The first-order valence-electron chi connectivity index (χ1n) is 15.6. The Kier molecular flexibility index (Phi) is 6.86. The Balaban J connectivity index is 1.71. The van der Waals surface area contributed by atoms with Crippen molar-refractivity contribution < 1.29 is 0 Å². The van der Waals surface area contributed by atoms with E-state index in [0.717, 1.165) is 112 Å². The molecule has 5 rings (SSSR count). The summed E-state index contributed by atoms with van der Waals surface area (Å²) in [6.07, 6.45) is 3.10. The molecule has 5 saturated carbocycles. The van der Waals surface area contributed by atoms with Crippen LogP contribution in [0, 0.1) is 112 Å². The van der Waals surface area contributed by atoms with E-state index in [1.165, 1.54) is 0 Å². The van der Waals surface area contributed by atoms with Gasteiger partial charge in [0.1, 0.15) is 0 Å². The highest BCUT2D eigenvalue weighted by molar-refractivity contribution is 7.81. The van der Waals surface area contributed by atoms with Gasteiger partial charge in [0.15, 0.2) is 0 Å². The zero-order chi connectivity index (χ0) is 25.0. The van der Waals surface area contributed by atoms with Crippen LogP contribution in [-0.2, 0) is 0 Å². The van der Waals surface area contributed by atoms with Gasteiger partial charge in [0.25, 0.3) is 0 Å². The van der Waals surface area contributed by atoms with Crippen molar-refractivity contribution in [2.75, 3.05) is 0 Å². The van der Waals surface area contributed by atoms with Gasteiger partial charge in [-0.15, -0.1) is 0 Å². The molecular formula is C33H58S. The third-order valence-electron chi connectivity index (χ3n) is 14.9. The van der Waals surface area contributed by atoms with Gasteiger partial charge in [0.2, 0.25) is 0 Å². The minimum absolute atomic E-state index is 0.572. The molecule has 34 heavy (non-hydrogen) atoms. The van der Waals surface area contributed by atoms with Crippen LogP contribution in [0.3, 0.4) is 0 Å². The number of fused-ring (bicyclic) bond motifs is 6. The van der Waals surface area contributed by atoms with E-state index in [1.807, 2.05) is 0 Å². The first-order chi connectivity index (χ1) is 15.9. The topological polar surface area (TPSA) is 0 Å². The van der Waals surface area contributed by atoms with Crippen molar-refractivity contribution in [2.45, 2.75) is 94.3 Å². The van der Waals surface area contributed by atoms with Crippen LogP contribution in [0.15, 0.2) is 0 Å². The molecule has 1 heteroatoms. The molecule has 0 bridgehead atoms. The Hall–Kier alpha value is 0.350. The van der Waals surface area contributed by atoms with Gasteiger partial charge in [-0.3, -0.25) is 0 Å². The van der Waals surface area contributed by atoms with Crippen LogP contribution < -0.4 is 0 Å². The standard InChI is InChI=1S/C33H58S/c1-14-15(2)20(7)30-22(9)17(4)23(10)33(34)32(30)31-27-13-25-12-26(25)24(11)28(27)18(5)16(3)21(8)29(31)19(14)6/h14-34H,12-13H2,1-11H3. The Morgan fingerprint density at radius 3 is 1.26 bits per heavy atom. The minimum Gasteiger partial charge on any atom is -0.175 e. The molecule has 0 aromatic rings. The molecule has 196 valence electrons. The van der Waals surface area contributed by atoms with Crippen molar-refractivity contribution in [2.24, 2.45) is 112 Å². The Labute approximate surface area is 219 Å². The summed E-state index contributed by atoms with van der Waals surface area (Å²) in [4.78, 5) is 0. The summed E-state index contributed by atoms with van der Waals surface area (Å²) in [7, 11) is 0. The lowest BCUT2D eigenvalue weighted by Gasteiger charge is -2.60. The summed E-state index contributed by atoms with van der Waals surface area (Å²) in [5.41, 5.74) is 0. The van der Waals surface area contributed by atoms with Crippen LogP contribution in [0.25, 0.3) is 0 Å². The predicted octanol–water partition coefficient (Wildman–Crippen LogP) is 9.06. The molecule has 20 atom stereocenters. The maximum Gasteiger partial charge on any atom is 0.00790 e. The summed E-state index contributed by atoms with van der Waals surface area (Å²) < 4.78 is 0. The van der Waals surface area contributed by atoms with E-state index in [0.29, 0.717) is 5.25 Å². The van der Waals surface area contributed by atoms with Crippen molar-refractivity contribution in [1.29, 1.82) is 0 Å². The van der Waals surface area contributed by atoms with Gasteiger partial charge in [-0.05, 0) is 125 Å². The van der Waals surface area contributed by atoms with E-state index in [-0.39, 0.29) is 0 Å². The fourth-order valence-electron chi connectivity index (χ4n) is 11.9. The molecule has 5 aliphatic carbocycles. The molecular weight excluding hydrogens is 428 g/mol. The Morgan fingerprint density at radius 2 is 0.735 bits per heavy atom. The smallest absolute Gasteiger partial charge is 0.00790 e. The van der Waals surface area contributed by atoms with Crippen LogP contribution in [0.5, 0.6) is 0 Å². The van der Waals surface area contributed by atoms with Gasteiger partial charge < -0.3 is 0 Å². The third-order valence-corrected chi connectivity index (χ3v) is 15.7. The SMILES string of the molecule is CC1C(C)C(C)C2C(C)C(C)C(C)C3C(C)C4CC4CC3C2C2C(S)C(C)C(C)C(C)C2C1C. The quantitative estimate of drug-likeness (QED) is 0.324. The molecule has 0 aromatic heterocycles. The molecule has 0 heterocycles. The zero-order valence-electron chi connectivity index (χ0n) is 24.4. The monoisotopic (exact) mass is 486 g/mol. The van der Waals surface area contributed by atoms with Crippen molar-refractivity contribution in [1.82, 2.24) is 0 Å². The zero-order valence-corrected chi connectivity index (χ0v) is 25.3.